The second kappa shape index (κ2) is 10.6. The number of rotatable bonds is 6. The third-order valence-electron chi connectivity index (χ3n) is 4.85. The fourth-order valence-electron chi connectivity index (χ4n) is 3.38. The number of guanidine groups is 1. The van der Waals surface area contributed by atoms with Crippen molar-refractivity contribution in [3.05, 3.63) is 59.5 Å². The van der Waals surface area contributed by atoms with Gasteiger partial charge in [0.1, 0.15) is 11.6 Å². The van der Waals surface area contributed by atoms with Crippen LogP contribution in [-0.4, -0.2) is 30.6 Å². The van der Waals surface area contributed by atoms with E-state index in [0.29, 0.717) is 13.1 Å². The standard InChI is InChI=1S/C22H30FN5/c1-2-24-22(26-16-18-8-7-9-20(23)14-18)27-17-19-10-11-25-21(15-19)28-12-5-3-4-6-13-28/h7-11,14-15H,2-6,12-13,16-17H2,1H3,(H2,24,26,27). The molecule has 2 heterocycles. The normalized spacial score (nSPS) is 15.2. The minimum absolute atomic E-state index is 0.233. The number of nitrogens with zero attached hydrogens (tertiary/aromatic N) is 3. The molecular weight excluding hydrogens is 353 g/mol. The van der Waals surface area contributed by atoms with Crippen molar-refractivity contribution in [2.75, 3.05) is 24.5 Å². The van der Waals surface area contributed by atoms with Crippen molar-refractivity contribution >= 4 is 11.8 Å². The van der Waals surface area contributed by atoms with Gasteiger partial charge >= 0.3 is 0 Å². The van der Waals surface area contributed by atoms with Gasteiger partial charge in [-0.25, -0.2) is 14.4 Å². The average Bonchev–Trinajstić information content (AvgIpc) is 3.00. The van der Waals surface area contributed by atoms with Gasteiger partial charge < -0.3 is 15.5 Å². The summed E-state index contributed by atoms with van der Waals surface area (Å²) in [7, 11) is 0. The van der Waals surface area contributed by atoms with Gasteiger partial charge in [0, 0.05) is 32.4 Å². The maximum Gasteiger partial charge on any atom is 0.191 e. The third kappa shape index (κ3) is 6.22. The number of anilines is 1. The number of aliphatic imine (C=N–C) groups is 1. The van der Waals surface area contributed by atoms with Crippen molar-refractivity contribution in [1.29, 1.82) is 0 Å². The first-order valence-electron chi connectivity index (χ1n) is 10.2. The number of halogens is 1. The van der Waals surface area contributed by atoms with Crippen molar-refractivity contribution < 1.29 is 4.39 Å². The van der Waals surface area contributed by atoms with Crippen LogP contribution in [0.15, 0.2) is 47.6 Å². The fraction of sp³-hybridized carbons (Fsp3) is 0.455. The zero-order valence-corrected chi connectivity index (χ0v) is 16.6. The number of hydrogen-bond donors (Lipinski definition) is 2. The Bertz CT molecular complexity index is 769. The quantitative estimate of drug-likeness (QED) is 0.588. The van der Waals surface area contributed by atoms with Gasteiger partial charge in [-0.3, -0.25) is 0 Å². The fourth-order valence-corrected chi connectivity index (χ4v) is 3.38. The summed E-state index contributed by atoms with van der Waals surface area (Å²) >= 11 is 0. The summed E-state index contributed by atoms with van der Waals surface area (Å²) in [5.74, 6) is 1.55. The number of hydrogen-bond acceptors (Lipinski definition) is 3. The van der Waals surface area contributed by atoms with Crippen LogP contribution in [0, 0.1) is 5.82 Å². The molecule has 0 unspecified atom stereocenters. The van der Waals surface area contributed by atoms with E-state index in [9.17, 15) is 4.39 Å². The largest absolute Gasteiger partial charge is 0.357 e. The average molecular weight is 384 g/mol. The lowest BCUT2D eigenvalue weighted by Crippen LogP contribution is -2.36. The summed E-state index contributed by atoms with van der Waals surface area (Å²) < 4.78 is 13.3. The van der Waals surface area contributed by atoms with E-state index in [1.165, 1.54) is 43.4 Å². The number of benzene rings is 1. The maximum absolute atomic E-state index is 13.3. The molecule has 1 aliphatic heterocycles. The van der Waals surface area contributed by atoms with Crippen LogP contribution in [0.5, 0.6) is 0 Å². The Morgan fingerprint density at radius 1 is 1.07 bits per heavy atom. The highest BCUT2D eigenvalue weighted by atomic mass is 19.1. The highest BCUT2D eigenvalue weighted by Gasteiger charge is 2.11. The van der Waals surface area contributed by atoms with Crippen LogP contribution in [0.1, 0.15) is 43.7 Å². The molecule has 1 aromatic carbocycles. The van der Waals surface area contributed by atoms with E-state index in [0.717, 1.165) is 37.0 Å². The van der Waals surface area contributed by atoms with Crippen molar-refractivity contribution in [2.24, 2.45) is 4.99 Å². The molecule has 0 bridgehead atoms. The molecule has 1 aromatic heterocycles. The topological polar surface area (TPSA) is 52.6 Å². The van der Waals surface area contributed by atoms with E-state index < -0.39 is 0 Å². The zero-order valence-electron chi connectivity index (χ0n) is 16.6. The van der Waals surface area contributed by atoms with Crippen molar-refractivity contribution in [3.8, 4) is 0 Å². The molecule has 0 aliphatic carbocycles. The Morgan fingerprint density at radius 2 is 1.89 bits per heavy atom. The molecule has 3 rings (SSSR count). The molecule has 2 aromatic rings. The van der Waals surface area contributed by atoms with E-state index in [1.807, 2.05) is 25.3 Å². The van der Waals surface area contributed by atoms with Crippen LogP contribution in [0.2, 0.25) is 0 Å². The zero-order chi connectivity index (χ0) is 19.6. The van der Waals surface area contributed by atoms with Gasteiger partial charge in [-0.1, -0.05) is 25.0 Å². The van der Waals surface area contributed by atoms with Gasteiger partial charge in [-0.15, -0.1) is 0 Å². The van der Waals surface area contributed by atoms with Gasteiger partial charge in [0.05, 0.1) is 6.54 Å². The van der Waals surface area contributed by atoms with Gasteiger partial charge in [0.15, 0.2) is 5.96 Å². The van der Waals surface area contributed by atoms with Crippen LogP contribution >= 0.6 is 0 Å². The summed E-state index contributed by atoms with van der Waals surface area (Å²) in [6.07, 6.45) is 6.98. The molecule has 2 N–H and O–H groups in total. The van der Waals surface area contributed by atoms with Gasteiger partial charge in [-0.2, -0.15) is 0 Å². The van der Waals surface area contributed by atoms with Crippen LogP contribution in [0.3, 0.4) is 0 Å². The minimum Gasteiger partial charge on any atom is -0.357 e. The van der Waals surface area contributed by atoms with Crippen molar-refractivity contribution in [2.45, 2.75) is 45.7 Å². The summed E-state index contributed by atoms with van der Waals surface area (Å²) in [5, 5.41) is 6.61. The van der Waals surface area contributed by atoms with Gasteiger partial charge in [0.25, 0.3) is 0 Å². The molecule has 0 saturated carbocycles. The third-order valence-corrected chi connectivity index (χ3v) is 4.85. The summed E-state index contributed by atoms with van der Waals surface area (Å²) in [5.41, 5.74) is 2.02. The molecular formula is C22H30FN5. The van der Waals surface area contributed by atoms with E-state index in [2.05, 4.69) is 31.6 Å². The molecule has 0 radical (unpaired) electrons. The molecule has 1 saturated heterocycles. The smallest absolute Gasteiger partial charge is 0.191 e. The summed E-state index contributed by atoms with van der Waals surface area (Å²) in [6.45, 7) is 6.07. The highest BCUT2D eigenvalue weighted by Crippen LogP contribution is 2.18. The molecule has 6 heteroatoms. The molecule has 1 fully saturated rings. The Labute approximate surface area is 167 Å². The molecule has 1 aliphatic rings. The molecule has 5 nitrogen and oxygen atoms in total. The SMILES string of the molecule is CCNC(=NCc1cccc(F)c1)NCc1ccnc(N2CCCCCC2)c1. The predicted octanol–water partition coefficient (Wildman–Crippen LogP) is 3.86. The molecule has 28 heavy (non-hydrogen) atoms. The van der Waals surface area contributed by atoms with Crippen LogP contribution < -0.4 is 15.5 Å². The lowest BCUT2D eigenvalue weighted by atomic mass is 10.2. The summed E-state index contributed by atoms with van der Waals surface area (Å²) in [4.78, 5) is 11.5. The highest BCUT2D eigenvalue weighted by molar-refractivity contribution is 5.79. The number of nitrogens with one attached hydrogen (secondary N) is 2. The Balaban J connectivity index is 1.61. The number of pyridine rings is 1. The van der Waals surface area contributed by atoms with Crippen LogP contribution in [0.4, 0.5) is 10.2 Å². The second-order valence-electron chi connectivity index (χ2n) is 7.10. The number of aromatic nitrogens is 1. The van der Waals surface area contributed by atoms with Crippen LogP contribution in [0.25, 0.3) is 0 Å². The summed E-state index contributed by atoms with van der Waals surface area (Å²) in [6, 6.07) is 10.7. The molecule has 0 spiro atoms. The van der Waals surface area contributed by atoms with E-state index in [1.54, 1.807) is 6.07 Å². The first-order chi connectivity index (χ1) is 13.7. The first kappa shape index (κ1) is 20.1. The predicted molar refractivity (Wildman–Crippen MR) is 113 cm³/mol. The lowest BCUT2D eigenvalue weighted by molar-refractivity contribution is 0.625. The van der Waals surface area contributed by atoms with Crippen LogP contribution in [-0.2, 0) is 13.1 Å². The van der Waals surface area contributed by atoms with E-state index >= 15 is 0 Å². The Morgan fingerprint density at radius 3 is 2.64 bits per heavy atom. The van der Waals surface area contributed by atoms with Crippen molar-refractivity contribution in [3.63, 3.8) is 0 Å². The second-order valence-corrected chi connectivity index (χ2v) is 7.10. The first-order valence-corrected chi connectivity index (χ1v) is 10.2. The minimum atomic E-state index is -0.233. The van der Waals surface area contributed by atoms with Crippen molar-refractivity contribution in [1.82, 2.24) is 15.6 Å². The maximum atomic E-state index is 13.3. The Hall–Kier alpha value is -2.63. The Kier molecular flexibility index (Phi) is 7.64. The monoisotopic (exact) mass is 383 g/mol. The van der Waals surface area contributed by atoms with Gasteiger partial charge in [0.2, 0.25) is 0 Å². The van der Waals surface area contributed by atoms with Gasteiger partial charge in [-0.05, 0) is 55.2 Å². The van der Waals surface area contributed by atoms with E-state index in [-0.39, 0.29) is 5.82 Å². The molecule has 150 valence electrons. The van der Waals surface area contributed by atoms with E-state index in [4.69, 9.17) is 0 Å². The molecule has 0 atom stereocenters. The lowest BCUT2D eigenvalue weighted by Gasteiger charge is -2.22. The molecule has 0 amide bonds.